The Morgan fingerprint density at radius 3 is 2.77 bits per heavy atom. The first-order chi connectivity index (χ1) is 12.2. The van der Waals surface area contributed by atoms with Crippen LogP contribution < -0.4 is 5.32 Å². The lowest BCUT2D eigenvalue weighted by Gasteiger charge is -2.23. The summed E-state index contributed by atoms with van der Waals surface area (Å²) < 4.78 is 5.40. The number of hydrogen-bond acceptors (Lipinski definition) is 5. The van der Waals surface area contributed by atoms with Crippen LogP contribution in [0.3, 0.4) is 0 Å². The fraction of sp³-hybridized carbons (Fsp3) is 0.350. The van der Waals surface area contributed by atoms with Crippen molar-refractivity contribution >= 4 is 34.9 Å². The third-order valence-corrected chi connectivity index (χ3v) is 4.26. The SMILES string of the molecule is CC(C)(C)OC(=O)C1CCN=C2NC(c3cccc(Cl)c3)=CC=C2C1=O. The lowest BCUT2D eigenvalue weighted by molar-refractivity contribution is -0.161. The first kappa shape index (κ1) is 18.4. The van der Waals surface area contributed by atoms with Gasteiger partial charge in [0.25, 0.3) is 0 Å². The molecule has 2 aliphatic heterocycles. The Morgan fingerprint density at radius 1 is 1.31 bits per heavy atom. The number of allylic oxidation sites excluding steroid dienone is 2. The molecule has 1 N–H and O–H groups in total. The summed E-state index contributed by atoms with van der Waals surface area (Å²) in [7, 11) is 0. The molecule has 6 heteroatoms. The highest BCUT2D eigenvalue weighted by atomic mass is 35.5. The fourth-order valence-corrected chi connectivity index (χ4v) is 3.04. The maximum absolute atomic E-state index is 12.9. The molecule has 136 valence electrons. The zero-order chi connectivity index (χ0) is 18.9. The monoisotopic (exact) mass is 372 g/mol. The molecular formula is C20H21ClN2O3. The Hall–Kier alpha value is -2.40. The smallest absolute Gasteiger partial charge is 0.317 e. The molecule has 26 heavy (non-hydrogen) atoms. The van der Waals surface area contributed by atoms with Crippen molar-refractivity contribution in [2.45, 2.75) is 32.8 Å². The molecule has 1 unspecified atom stereocenters. The molecular weight excluding hydrogens is 352 g/mol. The van der Waals surface area contributed by atoms with Gasteiger partial charge in [0.1, 0.15) is 17.4 Å². The number of ether oxygens (including phenoxy) is 1. The van der Waals surface area contributed by atoms with E-state index in [0.29, 0.717) is 29.4 Å². The summed E-state index contributed by atoms with van der Waals surface area (Å²) in [5.41, 5.74) is 1.48. The van der Waals surface area contributed by atoms with E-state index in [9.17, 15) is 9.59 Å². The Labute approximate surface area is 157 Å². The van der Waals surface area contributed by atoms with Crippen molar-refractivity contribution in [2.24, 2.45) is 10.9 Å². The number of carbonyl (C=O) groups excluding carboxylic acids is 2. The largest absolute Gasteiger partial charge is 0.459 e. The van der Waals surface area contributed by atoms with Crippen LogP contribution >= 0.6 is 11.6 Å². The van der Waals surface area contributed by atoms with Crippen molar-refractivity contribution in [3.05, 3.63) is 52.6 Å². The molecule has 5 nitrogen and oxygen atoms in total. The quantitative estimate of drug-likeness (QED) is 0.637. The predicted molar refractivity (Wildman–Crippen MR) is 102 cm³/mol. The molecule has 0 bridgehead atoms. The number of dihydropyridines is 1. The summed E-state index contributed by atoms with van der Waals surface area (Å²) in [5, 5.41) is 3.82. The third-order valence-electron chi connectivity index (χ3n) is 4.02. The number of Topliss-reactive ketones (excluding diaryl/α,β-unsaturated/α-hetero) is 1. The van der Waals surface area contributed by atoms with E-state index in [0.717, 1.165) is 11.3 Å². The molecule has 1 aromatic carbocycles. The molecule has 3 rings (SSSR count). The molecule has 1 aromatic rings. The van der Waals surface area contributed by atoms with Crippen LogP contribution in [-0.4, -0.2) is 29.7 Å². The van der Waals surface area contributed by atoms with Crippen LogP contribution in [0.2, 0.25) is 5.02 Å². The summed E-state index contributed by atoms with van der Waals surface area (Å²) in [6.07, 6.45) is 3.84. The van der Waals surface area contributed by atoms with Crippen LogP contribution in [0.1, 0.15) is 32.8 Å². The van der Waals surface area contributed by atoms with Gasteiger partial charge in [-0.1, -0.05) is 23.7 Å². The lowest BCUT2D eigenvalue weighted by atomic mass is 9.93. The summed E-state index contributed by atoms with van der Waals surface area (Å²) in [6.45, 7) is 5.73. The van der Waals surface area contributed by atoms with Crippen molar-refractivity contribution in [1.82, 2.24) is 5.32 Å². The Morgan fingerprint density at radius 2 is 2.08 bits per heavy atom. The number of ketones is 1. The lowest BCUT2D eigenvalue weighted by Crippen LogP contribution is -2.36. The van der Waals surface area contributed by atoms with Gasteiger partial charge in [0.05, 0.1) is 5.57 Å². The van der Waals surface area contributed by atoms with Crippen LogP contribution in [0, 0.1) is 5.92 Å². The van der Waals surface area contributed by atoms with Crippen LogP contribution in [0.25, 0.3) is 5.70 Å². The zero-order valence-corrected chi connectivity index (χ0v) is 15.8. The number of rotatable bonds is 2. The van der Waals surface area contributed by atoms with Gasteiger partial charge < -0.3 is 10.1 Å². The van der Waals surface area contributed by atoms with E-state index in [-0.39, 0.29) is 5.78 Å². The van der Waals surface area contributed by atoms with Crippen LogP contribution in [-0.2, 0) is 14.3 Å². The van der Waals surface area contributed by atoms with Gasteiger partial charge >= 0.3 is 5.97 Å². The fourth-order valence-electron chi connectivity index (χ4n) is 2.85. The molecule has 0 radical (unpaired) electrons. The van der Waals surface area contributed by atoms with Crippen molar-refractivity contribution in [1.29, 1.82) is 0 Å². The topological polar surface area (TPSA) is 67.8 Å². The van der Waals surface area contributed by atoms with Gasteiger partial charge in [-0.15, -0.1) is 0 Å². The van der Waals surface area contributed by atoms with Gasteiger partial charge in [-0.25, -0.2) is 0 Å². The molecule has 0 aliphatic carbocycles. The zero-order valence-electron chi connectivity index (χ0n) is 15.0. The molecule has 0 aromatic heterocycles. The third kappa shape index (κ3) is 4.05. The summed E-state index contributed by atoms with van der Waals surface area (Å²) in [4.78, 5) is 29.7. The Kier molecular flexibility index (Phi) is 5.01. The van der Waals surface area contributed by atoms with E-state index in [1.807, 2.05) is 18.2 Å². The van der Waals surface area contributed by atoms with Gasteiger partial charge in [0.2, 0.25) is 0 Å². The molecule has 0 amide bonds. The van der Waals surface area contributed by atoms with Gasteiger partial charge in [-0.2, -0.15) is 0 Å². The van der Waals surface area contributed by atoms with E-state index in [2.05, 4.69) is 10.3 Å². The standard InChI is InChI=1S/C20H21ClN2O3/c1-20(2,3)26-19(25)15-9-10-22-18-14(17(15)24)7-8-16(23-18)12-5-4-6-13(21)11-12/h4-8,11,15H,9-10H2,1-3H3,(H,22,23). The normalized spacial score (nSPS) is 20.1. The van der Waals surface area contributed by atoms with Crippen molar-refractivity contribution < 1.29 is 14.3 Å². The summed E-state index contributed by atoms with van der Waals surface area (Å²) >= 11 is 6.05. The van der Waals surface area contributed by atoms with E-state index < -0.39 is 17.5 Å². The maximum Gasteiger partial charge on any atom is 0.317 e. The number of esters is 1. The molecule has 0 saturated carbocycles. The number of benzene rings is 1. The molecule has 0 saturated heterocycles. The van der Waals surface area contributed by atoms with Crippen LogP contribution in [0.4, 0.5) is 0 Å². The first-order valence-corrected chi connectivity index (χ1v) is 8.89. The highest BCUT2D eigenvalue weighted by Crippen LogP contribution is 2.26. The van der Waals surface area contributed by atoms with Gasteiger partial charge in [0, 0.05) is 17.3 Å². The van der Waals surface area contributed by atoms with Gasteiger partial charge in [-0.3, -0.25) is 14.6 Å². The van der Waals surface area contributed by atoms with E-state index >= 15 is 0 Å². The number of nitrogens with one attached hydrogen (secondary N) is 1. The Balaban J connectivity index is 1.87. The van der Waals surface area contributed by atoms with Crippen LogP contribution in [0.15, 0.2) is 47.0 Å². The van der Waals surface area contributed by atoms with E-state index in [4.69, 9.17) is 16.3 Å². The van der Waals surface area contributed by atoms with Gasteiger partial charge in [0.15, 0.2) is 5.78 Å². The number of aliphatic imine (C=N–C) groups is 1. The second kappa shape index (κ2) is 7.08. The second-order valence-corrected chi connectivity index (χ2v) is 7.70. The first-order valence-electron chi connectivity index (χ1n) is 8.51. The molecule has 2 heterocycles. The number of halogens is 1. The number of amidine groups is 1. The van der Waals surface area contributed by atoms with Crippen molar-refractivity contribution in [2.75, 3.05) is 6.54 Å². The highest BCUT2D eigenvalue weighted by Gasteiger charge is 2.36. The minimum Gasteiger partial charge on any atom is -0.459 e. The highest BCUT2D eigenvalue weighted by molar-refractivity contribution is 6.31. The second-order valence-electron chi connectivity index (χ2n) is 7.27. The minimum atomic E-state index is -0.829. The number of fused-ring (bicyclic) bond motifs is 1. The average molecular weight is 373 g/mol. The molecule has 0 spiro atoms. The summed E-state index contributed by atoms with van der Waals surface area (Å²) in [6, 6.07) is 7.42. The molecule has 0 fully saturated rings. The number of carbonyl (C=O) groups is 2. The molecule has 2 aliphatic rings. The maximum atomic E-state index is 12.9. The van der Waals surface area contributed by atoms with E-state index in [1.54, 1.807) is 39.0 Å². The van der Waals surface area contributed by atoms with Crippen molar-refractivity contribution in [3.63, 3.8) is 0 Å². The number of nitrogens with zero attached hydrogens (tertiary/aromatic N) is 1. The van der Waals surface area contributed by atoms with Crippen molar-refractivity contribution in [3.8, 4) is 0 Å². The summed E-state index contributed by atoms with van der Waals surface area (Å²) in [5.74, 6) is -1.10. The minimum absolute atomic E-state index is 0.260. The molecule has 1 atom stereocenters. The number of hydrogen-bond donors (Lipinski definition) is 1. The van der Waals surface area contributed by atoms with Crippen LogP contribution in [0.5, 0.6) is 0 Å². The van der Waals surface area contributed by atoms with Gasteiger partial charge in [-0.05, 0) is 57.0 Å². The Bertz CT molecular complexity index is 847. The average Bonchev–Trinajstić information content (AvgIpc) is 2.72. The predicted octanol–water partition coefficient (Wildman–Crippen LogP) is 3.54. The van der Waals surface area contributed by atoms with E-state index in [1.165, 1.54) is 0 Å².